The van der Waals surface area contributed by atoms with Crippen LogP contribution in [0.4, 0.5) is 4.39 Å². The van der Waals surface area contributed by atoms with Crippen molar-refractivity contribution in [2.24, 2.45) is 5.73 Å². The molecule has 22 heavy (non-hydrogen) atoms. The number of carbonyl (C=O) groups excluding carboxylic acids is 1. The third-order valence-corrected chi connectivity index (χ3v) is 4.47. The summed E-state index contributed by atoms with van der Waals surface area (Å²) in [5.41, 5.74) is 7.60. The Hall–Kier alpha value is -2.05. The number of hydrogen-bond donors (Lipinski definition) is 2. The summed E-state index contributed by atoms with van der Waals surface area (Å²) in [4.78, 5) is 19.2. The van der Waals surface area contributed by atoms with Crippen LogP contribution in [0.1, 0.15) is 10.8 Å². The highest BCUT2D eigenvalue weighted by atomic mass is 35.5. The number of amides is 1. The number of benzene rings is 2. The number of rotatable bonds is 4. The molecule has 1 aromatic heterocycles. The van der Waals surface area contributed by atoms with E-state index in [1.165, 1.54) is 36.0 Å². The van der Waals surface area contributed by atoms with E-state index in [9.17, 15) is 9.18 Å². The van der Waals surface area contributed by atoms with Crippen LogP contribution in [0, 0.1) is 5.82 Å². The van der Waals surface area contributed by atoms with Crippen molar-refractivity contribution < 1.29 is 9.18 Å². The van der Waals surface area contributed by atoms with Gasteiger partial charge in [0.2, 0.25) is 5.91 Å². The Balaban J connectivity index is 1.92. The van der Waals surface area contributed by atoms with E-state index < -0.39 is 11.2 Å². The number of thioether (sulfide) groups is 1. The van der Waals surface area contributed by atoms with Gasteiger partial charge in [-0.05, 0) is 35.9 Å². The predicted molar refractivity (Wildman–Crippen MR) is 85.3 cm³/mol. The molecular weight excluding hydrogens is 325 g/mol. The normalized spacial score (nSPS) is 12.5. The molecule has 1 amide bonds. The van der Waals surface area contributed by atoms with E-state index >= 15 is 0 Å². The molecule has 0 fully saturated rings. The van der Waals surface area contributed by atoms with E-state index in [1.54, 1.807) is 18.2 Å². The van der Waals surface area contributed by atoms with Crippen LogP contribution < -0.4 is 5.73 Å². The zero-order chi connectivity index (χ0) is 15.7. The van der Waals surface area contributed by atoms with Gasteiger partial charge in [-0.3, -0.25) is 4.79 Å². The molecule has 0 aliphatic rings. The highest BCUT2D eigenvalue weighted by molar-refractivity contribution is 8.00. The lowest BCUT2D eigenvalue weighted by molar-refractivity contribution is -0.117. The monoisotopic (exact) mass is 335 g/mol. The summed E-state index contributed by atoms with van der Waals surface area (Å²) in [7, 11) is 0. The Bertz CT molecular complexity index is 834. The number of nitrogens with one attached hydrogen (secondary N) is 1. The molecule has 0 radical (unpaired) electrons. The largest absolute Gasteiger partial charge is 0.368 e. The Morgan fingerprint density at radius 2 is 2.00 bits per heavy atom. The maximum Gasteiger partial charge on any atom is 0.235 e. The van der Waals surface area contributed by atoms with Crippen LogP contribution in [0.15, 0.2) is 47.6 Å². The van der Waals surface area contributed by atoms with Crippen molar-refractivity contribution in [3.63, 3.8) is 0 Å². The molecule has 3 rings (SSSR count). The maximum absolute atomic E-state index is 13.0. The van der Waals surface area contributed by atoms with Crippen LogP contribution in [0.5, 0.6) is 0 Å². The molecule has 3 aromatic rings. The van der Waals surface area contributed by atoms with Gasteiger partial charge in [-0.25, -0.2) is 9.37 Å². The number of aromatic amines is 1. The first-order valence-corrected chi connectivity index (χ1v) is 7.65. The number of primary amides is 1. The summed E-state index contributed by atoms with van der Waals surface area (Å²) in [6, 6.07) is 11.0. The number of H-pyrrole nitrogens is 1. The van der Waals surface area contributed by atoms with Crippen molar-refractivity contribution in [2.75, 3.05) is 0 Å². The van der Waals surface area contributed by atoms with Crippen molar-refractivity contribution >= 4 is 40.3 Å². The molecular formula is C15H11ClFN3OS. The van der Waals surface area contributed by atoms with E-state index in [0.717, 1.165) is 11.0 Å². The highest BCUT2D eigenvalue weighted by Crippen LogP contribution is 2.34. The van der Waals surface area contributed by atoms with Crippen molar-refractivity contribution in [3.05, 3.63) is 58.9 Å². The van der Waals surface area contributed by atoms with E-state index in [0.29, 0.717) is 15.7 Å². The fourth-order valence-corrected chi connectivity index (χ4v) is 3.18. The second-order valence-corrected chi connectivity index (χ2v) is 6.19. The van der Waals surface area contributed by atoms with Crippen molar-refractivity contribution in [3.8, 4) is 0 Å². The molecule has 1 unspecified atom stereocenters. The number of aromatic nitrogens is 2. The minimum absolute atomic E-state index is 0.365. The van der Waals surface area contributed by atoms with Gasteiger partial charge < -0.3 is 10.7 Å². The first kappa shape index (κ1) is 14.9. The molecule has 112 valence electrons. The van der Waals surface area contributed by atoms with Gasteiger partial charge in [0.15, 0.2) is 5.16 Å². The molecule has 7 heteroatoms. The summed E-state index contributed by atoms with van der Waals surface area (Å²) in [6.07, 6.45) is 0. The average Bonchev–Trinajstić information content (AvgIpc) is 2.87. The zero-order valence-electron chi connectivity index (χ0n) is 11.2. The van der Waals surface area contributed by atoms with Crippen LogP contribution >= 0.6 is 23.4 Å². The number of hydrogen-bond acceptors (Lipinski definition) is 3. The van der Waals surface area contributed by atoms with Crippen molar-refractivity contribution in [2.45, 2.75) is 10.4 Å². The second-order valence-electron chi connectivity index (χ2n) is 4.66. The number of fused-ring (bicyclic) bond motifs is 1. The molecule has 3 N–H and O–H groups in total. The first-order valence-electron chi connectivity index (χ1n) is 6.39. The molecule has 0 bridgehead atoms. The number of carbonyl (C=O) groups is 1. The van der Waals surface area contributed by atoms with Crippen LogP contribution in [-0.4, -0.2) is 15.9 Å². The standard InChI is InChI=1S/C15H11ClFN3OS/c16-9-3-6-11-12(7-9)20-15(19-11)22-13(14(18)21)8-1-4-10(17)5-2-8/h1-7,13H,(H2,18,21)(H,19,20). The molecule has 0 spiro atoms. The molecule has 0 aliphatic carbocycles. The number of halogens is 2. The summed E-state index contributed by atoms with van der Waals surface area (Å²) >= 11 is 7.11. The van der Waals surface area contributed by atoms with Crippen molar-refractivity contribution in [1.82, 2.24) is 9.97 Å². The summed E-state index contributed by atoms with van der Waals surface area (Å²) in [5, 5.41) is 0.486. The molecule has 0 saturated heterocycles. The number of nitrogens with two attached hydrogens (primary N) is 1. The Labute approximate surface area is 134 Å². The fraction of sp³-hybridized carbons (Fsp3) is 0.0667. The van der Waals surface area contributed by atoms with E-state index in [4.69, 9.17) is 17.3 Å². The van der Waals surface area contributed by atoms with Gasteiger partial charge >= 0.3 is 0 Å². The van der Waals surface area contributed by atoms with Crippen LogP contribution in [0.2, 0.25) is 5.02 Å². The molecule has 2 aromatic carbocycles. The SMILES string of the molecule is NC(=O)C(Sc1nc2ccc(Cl)cc2[nH]1)c1ccc(F)cc1. The lowest BCUT2D eigenvalue weighted by Gasteiger charge is -2.11. The minimum Gasteiger partial charge on any atom is -0.368 e. The molecule has 0 saturated carbocycles. The quantitative estimate of drug-likeness (QED) is 0.714. The Kier molecular flexibility index (Phi) is 4.04. The molecule has 1 heterocycles. The van der Waals surface area contributed by atoms with Crippen LogP contribution in [0.3, 0.4) is 0 Å². The van der Waals surface area contributed by atoms with Crippen LogP contribution in [0.25, 0.3) is 11.0 Å². The number of imidazole rings is 1. The molecule has 4 nitrogen and oxygen atoms in total. The zero-order valence-corrected chi connectivity index (χ0v) is 12.8. The third-order valence-electron chi connectivity index (χ3n) is 3.08. The predicted octanol–water partition coefficient (Wildman–Crippen LogP) is 3.67. The highest BCUT2D eigenvalue weighted by Gasteiger charge is 2.21. The van der Waals surface area contributed by atoms with Gasteiger partial charge in [0, 0.05) is 5.02 Å². The molecule has 1 atom stereocenters. The third kappa shape index (κ3) is 3.08. The average molecular weight is 336 g/mol. The second kappa shape index (κ2) is 5.98. The smallest absolute Gasteiger partial charge is 0.235 e. The minimum atomic E-state index is -0.656. The van der Waals surface area contributed by atoms with Gasteiger partial charge in [0.05, 0.1) is 11.0 Å². The Morgan fingerprint density at radius 3 is 2.68 bits per heavy atom. The lowest BCUT2D eigenvalue weighted by Crippen LogP contribution is -2.19. The van der Waals surface area contributed by atoms with E-state index in [2.05, 4.69) is 9.97 Å². The van der Waals surface area contributed by atoms with Gasteiger partial charge in [-0.2, -0.15) is 0 Å². The first-order chi connectivity index (χ1) is 10.5. The number of nitrogens with zero attached hydrogens (tertiary/aromatic N) is 1. The topological polar surface area (TPSA) is 71.8 Å². The maximum atomic E-state index is 13.0. The van der Waals surface area contributed by atoms with Crippen molar-refractivity contribution in [1.29, 1.82) is 0 Å². The van der Waals surface area contributed by atoms with Crippen LogP contribution in [-0.2, 0) is 4.79 Å². The summed E-state index contributed by atoms with van der Waals surface area (Å²) < 4.78 is 13.0. The molecule has 0 aliphatic heterocycles. The summed E-state index contributed by atoms with van der Waals surface area (Å²) in [6.45, 7) is 0. The lowest BCUT2D eigenvalue weighted by atomic mass is 10.1. The van der Waals surface area contributed by atoms with Gasteiger partial charge in [-0.15, -0.1) is 0 Å². The Morgan fingerprint density at radius 1 is 1.27 bits per heavy atom. The van der Waals surface area contributed by atoms with Gasteiger partial charge in [0.25, 0.3) is 0 Å². The van der Waals surface area contributed by atoms with Gasteiger partial charge in [-0.1, -0.05) is 35.5 Å². The van der Waals surface area contributed by atoms with Gasteiger partial charge in [0.1, 0.15) is 11.1 Å². The summed E-state index contributed by atoms with van der Waals surface area (Å²) in [5.74, 6) is -0.884. The van der Waals surface area contributed by atoms with E-state index in [1.807, 2.05) is 0 Å². The fourth-order valence-electron chi connectivity index (χ4n) is 2.05. The van der Waals surface area contributed by atoms with E-state index in [-0.39, 0.29) is 5.82 Å².